The summed E-state index contributed by atoms with van der Waals surface area (Å²) in [6.45, 7) is 6.76. The van der Waals surface area contributed by atoms with Gasteiger partial charge in [-0.15, -0.1) is 6.58 Å². The lowest BCUT2D eigenvalue weighted by molar-refractivity contribution is -0.125. The van der Waals surface area contributed by atoms with Crippen molar-refractivity contribution in [3.8, 4) is 0 Å². The lowest BCUT2D eigenvalue weighted by Gasteiger charge is -2.27. The summed E-state index contributed by atoms with van der Waals surface area (Å²) in [5.41, 5.74) is 4.53. The Hall–Kier alpha value is -0.880. The predicted octanol–water partition coefficient (Wildman–Crippen LogP) is 0.134. The highest BCUT2D eigenvalue weighted by atomic mass is 32.2. The summed E-state index contributed by atoms with van der Waals surface area (Å²) >= 11 is 0. The van der Waals surface area contributed by atoms with Crippen LogP contribution in [0.25, 0.3) is 0 Å². The van der Waals surface area contributed by atoms with Gasteiger partial charge in [0.15, 0.2) is 0 Å². The van der Waals surface area contributed by atoms with E-state index in [1.807, 2.05) is 4.72 Å². The lowest BCUT2D eigenvalue weighted by atomic mass is 9.88. The molecule has 0 heterocycles. The smallest absolute Gasteiger partial charge is 0.253 e. The first-order valence-electron chi connectivity index (χ1n) is 5.19. The fourth-order valence-electron chi connectivity index (χ4n) is 1.15. The molecule has 0 aromatic rings. The second-order valence-electron chi connectivity index (χ2n) is 4.48. The van der Waals surface area contributed by atoms with E-state index in [1.54, 1.807) is 6.92 Å². The SMILES string of the molecule is C=CC(C)C(C)(N)C(=O)NS(=O)(=O)C1CC1. The number of carbonyl (C=O) groups is 1. The van der Waals surface area contributed by atoms with E-state index in [4.69, 9.17) is 5.73 Å². The molecule has 0 aromatic carbocycles. The molecule has 5 nitrogen and oxygen atoms in total. The van der Waals surface area contributed by atoms with Crippen molar-refractivity contribution < 1.29 is 13.2 Å². The van der Waals surface area contributed by atoms with Gasteiger partial charge in [0.2, 0.25) is 10.0 Å². The van der Waals surface area contributed by atoms with Crippen LogP contribution >= 0.6 is 0 Å². The van der Waals surface area contributed by atoms with Gasteiger partial charge in [-0.25, -0.2) is 8.42 Å². The minimum atomic E-state index is -3.53. The summed E-state index contributed by atoms with van der Waals surface area (Å²) in [6, 6.07) is 0. The minimum absolute atomic E-state index is 0.304. The van der Waals surface area contributed by atoms with E-state index in [0.717, 1.165) is 0 Å². The fourth-order valence-corrected chi connectivity index (χ4v) is 2.55. The summed E-state index contributed by atoms with van der Waals surface area (Å²) in [6.07, 6.45) is 2.76. The Morgan fingerprint density at radius 3 is 2.50 bits per heavy atom. The Morgan fingerprint density at radius 1 is 1.62 bits per heavy atom. The van der Waals surface area contributed by atoms with Crippen LogP contribution in [0.4, 0.5) is 0 Å². The van der Waals surface area contributed by atoms with Crippen LogP contribution in [-0.2, 0) is 14.8 Å². The maximum atomic E-state index is 11.7. The quantitative estimate of drug-likeness (QED) is 0.675. The summed E-state index contributed by atoms with van der Waals surface area (Å²) in [4.78, 5) is 11.7. The Kier molecular flexibility index (Phi) is 3.44. The molecule has 2 atom stereocenters. The van der Waals surface area contributed by atoms with Crippen molar-refractivity contribution in [1.82, 2.24) is 4.72 Å². The normalized spacial score (nSPS) is 21.9. The van der Waals surface area contributed by atoms with Crippen LogP contribution < -0.4 is 10.5 Å². The first kappa shape index (κ1) is 13.2. The van der Waals surface area contributed by atoms with Gasteiger partial charge in [-0.3, -0.25) is 9.52 Å². The highest BCUT2D eigenvalue weighted by Crippen LogP contribution is 2.28. The third-order valence-electron chi connectivity index (χ3n) is 2.99. The predicted molar refractivity (Wildman–Crippen MR) is 62.0 cm³/mol. The van der Waals surface area contributed by atoms with Gasteiger partial charge >= 0.3 is 0 Å². The fraction of sp³-hybridized carbons (Fsp3) is 0.700. The number of sulfonamides is 1. The molecule has 1 fully saturated rings. The summed E-state index contributed by atoms with van der Waals surface area (Å²) in [5, 5.41) is -0.425. The monoisotopic (exact) mass is 246 g/mol. The van der Waals surface area contributed by atoms with Crippen LogP contribution in [0.1, 0.15) is 26.7 Å². The molecule has 1 aliphatic carbocycles. The number of amides is 1. The van der Waals surface area contributed by atoms with E-state index < -0.39 is 26.7 Å². The maximum Gasteiger partial charge on any atom is 0.253 e. The van der Waals surface area contributed by atoms with E-state index >= 15 is 0 Å². The number of nitrogens with one attached hydrogen (secondary N) is 1. The maximum absolute atomic E-state index is 11.7. The molecular weight excluding hydrogens is 228 g/mol. The molecule has 6 heteroatoms. The number of carbonyl (C=O) groups excluding carboxylic acids is 1. The van der Waals surface area contributed by atoms with Crippen LogP contribution in [0.3, 0.4) is 0 Å². The van der Waals surface area contributed by atoms with Gasteiger partial charge in [-0.1, -0.05) is 13.0 Å². The highest BCUT2D eigenvalue weighted by Gasteiger charge is 2.41. The van der Waals surface area contributed by atoms with Gasteiger partial charge in [0, 0.05) is 5.92 Å². The topological polar surface area (TPSA) is 89.3 Å². The van der Waals surface area contributed by atoms with Crippen molar-refractivity contribution in [3.05, 3.63) is 12.7 Å². The van der Waals surface area contributed by atoms with Crippen molar-refractivity contribution in [3.63, 3.8) is 0 Å². The van der Waals surface area contributed by atoms with Gasteiger partial charge in [0.05, 0.1) is 10.8 Å². The highest BCUT2D eigenvalue weighted by molar-refractivity contribution is 7.90. The van der Waals surface area contributed by atoms with Gasteiger partial charge in [-0.05, 0) is 19.8 Å². The first-order chi connectivity index (χ1) is 7.21. The Labute approximate surface area is 96.1 Å². The largest absolute Gasteiger partial charge is 0.317 e. The van der Waals surface area contributed by atoms with Crippen LogP contribution in [0.5, 0.6) is 0 Å². The molecule has 0 bridgehead atoms. The molecule has 0 aliphatic heterocycles. The molecule has 16 heavy (non-hydrogen) atoms. The standard InChI is InChI=1S/C10H18N2O3S/c1-4-7(2)10(3,11)9(13)12-16(14,15)8-5-6-8/h4,7-8H,1,5-6,11H2,2-3H3,(H,12,13). The van der Waals surface area contributed by atoms with Gasteiger partial charge in [-0.2, -0.15) is 0 Å². The van der Waals surface area contributed by atoms with Crippen molar-refractivity contribution in [2.45, 2.75) is 37.5 Å². The molecule has 0 saturated heterocycles. The summed E-state index contributed by atoms with van der Waals surface area (Å²) in [5.74, 6) is -0.978. The molecule has 1 rings (SSSR count). The van der Waals surface area contributed by atoms with Crippen LogP contribution in [0, 0.1) is 5.92 Å². The average molecular weight is 246 g/mol. The minimum Gasteiger partial charge on any atom is -0.317 e. The molecule has 1 amide bonds. The number of hydrogen-bond donors (Lipinski definition) is 2. The Balaban J connectivity index is 2.75. The molecule has 1 aliphatic rings. The van der Waals surface area contributed by atoms with Crippen molar-refractivity contribution in [2.24, 2.45) is 11.7 Å². The molecule has 0 aromatic heterocycles. The van der Waals surface area contributed by atoms with Crippen LogP contribution in [-0.4, -0.2) is 25.1 Å². The zero-order valence-electron chi connectivity index (χ0n) is 9.56. The van der Waals surface area contributed by atoms with E-state index in [2.05, 4.69) is 6.58 Å². The second kappa shape index (κ2) is 4.18. The van der Waals surface area contributed by atoms with E-state index in [-0.39, 0.29) is 5.92 Å². The van der Waals surface area contributed by atoms with E-state index in [0.29, 0.717) is 12.8 Å². The second-order valence-corrected chi connectivity index (χ2v) is 6.44. The Bertz CT molecular complexity index is 396. The number of rotatable bonds is 5. The molecule has 1 saturated carbocycles. The van der Waals surface area contributed by atoms with Gasteiger partial charge in [0.1, 0.15) is 0 Å². The van der Waals surface area contributed by atoms with Crippen molar-refractivity contribution >= 4 is 15.9 Å². The third-order valence-corrected chi connectivity index (χ3v) is 4.81. The molecule has 92 valence electrons. The molecule has 0 spiro atoms. The molecular formula is C10H18N2O3S. The third kappa shape index (κ3) is 2.62. The van der Waals surface area contributed by atoms with E-state index in [1.165, 1.54) is 13.0 Å². The van der Waals surface area contributed by atoms with Gasteiger partial charge in [0.25, 0.3) is 5.91 Å². The average Bonchev–Trinajstić information content (AvgIpc) is 2.98. The number of nitrogens with two attached hydrogens (primary N) is 1. The molecule has 0 radical (unpaired) electrons. The molecule has 3 N–H and O–H groups in total. The summed E-state index contributed by atoms with van der Waals surface area (Å²) < 4.78 is 25.1. The first-order valence-corrected chi connectivity index (χ1v) is 6.74. The summed E-state index contributed by atoms with van der Waals surface area (Å²) in [7, 11) is -3.53. The van der Waals surface area contributed by atoms with Crippen molar-refractivity contribution in [1.29, 1.82) is 0 Å². The Morgan fingerprint density at radius 2 is 2.12 bits per heavy atom. The molecule has 2 unspecified atom stereocenters. The van der Waals surface area contributed by atoms with Crippen molar-refractivity contribution in [2.75, 3.05) is 0 Å². The lowest BCUT2D eigenvalue weighted by Crippen LogP contribution is -2.57. The zero-order chi connectivity index (χ0) is 12.6. The van der Waals surface area contributed by atoms with Crippen LogP contribution in [0.15, 0.2) is 12.7 Å². The van der Waals surface area contributed by atoms with E-state index in [9.17, 15) is 13.2 Å². The zero-order valence-corrected chi connectivity index (χ0v) is 10.4. The van der Waals surface area contributed by atoms with Crippen LogP contribution in [0.2, 0.25) is 0 Å². The van der Waals surface area contributed by atoms with Gasteiger partial charge < -0.3 is 5.73 Å². The number of hydrogen-bond acceptors (Lipinski definition) is 4.